The van der Waals surface area contributed by atoms with Gasteiger partial charge in [-0.2, -0.15) is 0 Å². The van der Waals surface area contributed by atoms with Gasteiger partial charge in [0.1, 0.15) is 12.0 Å². The van der Waals surface area contributed by atoms with Crippen LogP contribution in [0.5, 0.6) is 5.75 Å². The summed E-state index contributed by atoms with van der Waals surface area (Å²) in [4.78, 5) is 9.17. The van der Waals surface area contributed by atoms with E-state index in [9.17, 15) is 4.79 Å². The topological polar surface area (TPSA) is 26.3 Å². The van der Waals surface area contributed by atoms with Gasteiger partial charge >= 0.3 is 51.4 Å². The van der Waals surface area contributed by atoms with Gasteiger partial charge in [-0.1, -0.05) is 38.5 Å². The Labute approximate surface area is 141 Å². The molecule has 0 saturated carbocycles. The summed E-state index contributed by atoms with van der Waals surface area (Å²) in [7, 11) is 0. The van der Waals surface area contributed by atoms with Crippen LogP contribution in [0.2, 0.25) is 0 Å². The Morgan fingerprint density at radius 3 is 2.19 bits per heavy atom. The van der Waals surface area contributed by atoms with Crippen LogP contribution in [0.4, 0.5) is 0 Å². The Balaban J connectivity index is 0. The molecule has 1 aromatic rings. The van der Waals surface area contributed by atoms with E-state index < -0.39 is 0 Å². The van der Waals surface area contributed by atoms with Crippen molar-refractivity contribution >= 4 is 57.7 Å². The van der Waals surface area contributed by atoms with E-state index in [2.05, 4.69) is 6.92 Å². The first-order valence-corrected chi connectivity index (χ1v) is 5.46. The van der Waals surface area contributed by atoms with E-state index in [0.717, 1.165) is 25.1 Å². The fraction of sp³-hybridized carbons (Fsp3) is 0.462. The Kier molecular flexibility index (Phi) is 17.9. The van der Waals surface area contributed by atoms with Gasteiger partial charge in [0.25, 0.3) is 0 Å². The number of unbranched alkanes of at least 4 members (excludes halogenated alkanes) is 1. The molecule has 0 bridgehead atoms. The van der Waals surface area contributed by atoms with Gasteiger partial charge in [-0.05, 0) is 18.6 Å². The monoisotopic (exact) mass is 248 g/mol. The van der Waals surface area contributed by atoms with E-state index in [4.69, 9.17) is 4.74 Å². The van der Waals surface area contributed by atoms with Crippen molar-refractivity contribution in [3.05, 3.63) is 30.3 Å². The second-order valence-electron chi connectivity index (χ2n) is 3.09. The third-order valence-electron chi connectivity index (χ3n) is 1.68. The van der Waals surface area contributed by atoms with Crippen LogP contribution in [0.3, 0.4) is 0 Å². The average molecular weight is 248 g/mol. The van der Waals surface area contributed by atoms with Gasteiger partial charge < -0.3 is 9.53 Å². The standard InChI is InChI=1S/C10H14O.C3H6O.K.H/c1-2-3-9-11-10-7-5-4-6-8-10;1-2-3-4;;/h4-8H,2-3,9H2,1H3;3H,2H2,1H3;;. The molecule has 0 aliphatic heterocycles. The van der Waals surface area contributed by atoms with E-state index in [1.165, 1.54) is 6.42 Å². The van der Waals surface area contributed by atoms with Crippen molar-refractivity contribution in [3.8, 4) is 5.75 Å². The fourth-order valence-corrected chi connectivity index (χ4v) is 0.851. The van der Waals surface area contributed by atoms with E-state index in [1.807, 2.05) is 37.3 Å². The molecule has 0 saturated heterocycles. The van der Waals surface area contributed by atoms with Crippen LogP contribution in [0, 0.1) is 0 Å². The van der Waals surface area contributed by atoms with E-state index in [-0.39, 0.29) is 51.4 Å². The molecule has 0 unspecified atom stereocenters. The van der Waals surface area contributed by atoms with E-state index in [0.29, 0.717) is 6.42 Å². The summed E-state index contributed by atoms with van der Waals surface area (Å²) in [6.45, 7) is 4.81. The molecule has 0 amide bonds. The van der Waals surface area contributed by atoms with E-state index >= 15 is 0 Å². The summed E-state index contributed by atoms with van der Waals surface area (Å²) >= 11 is 0. The number of para-hydroxylation sites is 1. The van der Waals surface area contributed by atoms with Crippen molar-refractivity contribution in [2.45, 2.75) is 33.1 Å². The zero-order valence-electron chi connectivity index (χ0n) is 9.61. The Hall–Kier alpha value is 0.326. The van der Waals surface area contributed by atoms with Crippen molar-refractivity contribution in [2.75, 3.05) is 6.61 Å². The Morgan fingerprint density at radius 2 is 1.75 bits per heavy atom. The van der Waals surface area contributed by atoms with Gasteiger partial charge in [0.2, 0.25) is 0 Å². The molecule has 3 heteroatoms. The maximum atomic E-state index is 9.17. The average Bonchev–Trinajstić information content (AvgIpc) is 2.31. The summed E-state index contributed by atoms with van der Waals surface area (Å²) in [6.07, 6.45) is 3.84. The molecule has 0 aliphatic carbocycles. The van der Waals surface area contributed by atoms with Crippen molar-refractivity contribution < 1.29 is 9.53 Å². The first-order valence-electron chi connectivity index (χ1n) is 5.46. The quantitative estimate of drug-likeness (QED) is 0.455. The van der Waals surface area contributed by atoms with Crippen LogP contribution in [-0.4, -0.2) is 64.3 Å². The summed E-state index contributed by atoms with van der Waals surface area (Å²) in [5, 5.41) is 0. The number of carbonyl (C=O) groups excluding carboxylic acids is 1. The number of benzene rings is 1. The number of ether oxygens (including phenoxy) is 1. The molecule has 2 nitrogen and oxygen atoms in total. The van der Waals surface area contributed by atoms with Crippen LogP contribution < -0.4 is 4.74 Å². The maximum absolute atomic E-state index is 9.17. The van der Waals surface area contributed by atoms with Crippen LogP contribution in [0.25, 0.3) is 0 Å². The summed E-state index contributed by atoms with van der Waals surface area (Å²) in [6, 6.07) is 9.93. The number of hydrogen-bond acceptors (Lipinski definition) is 2. The number of hydrogen-bond donors (Lipinski definition) is 0. The second-order valence-corrected chi connectivity index (χ2v) is 3.09. The number of aldehydes is 1. The zero-order chi connectivity index (χ0) is 11.4. The normalized spacial score (nSPS) is 8.12. The Bertz CT molecular complexity index is 237. The van der Waals surface area contributed by atoms with Gasteiger partial charge in [0.15, 0.2) is 0 Å². The van der Waals surface area contributed by atoms with Crippen LogP contribution in [0.15, 0.2) is 30.3 Å². The molecule has 0 spiro atoms. The van der Waals surface area contributed by atoms with Crippen LogP contribution >= 0.6 is 0 Å². The summed E-state index contributed by atoms with van der Waals surface area (Å²) in [5.74, 6) is 0.973. The first kappa shape index (κ1) is 18.7. The number of rotatable bonds is 5. The fourth-order valence-electron chi connectivity index (χ4n) is 0.851. The van der Waals surface area contributed by atoms with Gasteiger partial charge in [0, 0.05) is 6.42 Å². The SMILES string of the molecule is CCC=O.CCCCOc1ccccc1.[KH]. The zero-order valence-corrected chi connectivity index (χ0v) is 9.61. The van der Waals surface area contributed by atoms with Crippen molar-refractivity contribution in [1.29, 1.82) is 0 Å². The third kappa shape index (κ3) is 12.4. The van der Waals surface area contributed by atoms with Gasteiger partial charge in [-0.3, -0.25) is 0 Å². The molecule has 0 heterocycles. The first-order chi connectivity index (χ1) is 7.35. The summed E-state index contributed by atoms with van der Waals surface area (Å²) < 4.78 is 5.45. The number of carbonyl (C=O) groups is 1. The predicted octanol–water partition coefficient (Wildman–Crippen LogP) is 2.81. The molecule has 0 fully saturated rings. The molecule has 1 rings (SSSR count). The molecule has 0 radical (unpaired) electrons. The second kappa shape index (κ2) is 15.3. The molecule has 0 aliphatic rings. The van der Waals surface area contributed by atoms with Gasteiger partial charge in [-0.25, -0.2) is 0 Å². The van der Waals surface area contributed by atoms with Gasteiger partial charge in [-0.15, -0.1) is 0 Å². The third-order valence-corrected chi connectivity index (χ3v) is 1.68. The molecular weight excluding hydrogens is 227 g/mol. The van der Waals surface area contributed by atoms with Crippen LogP contribution in [-0.2, 0) is 4.79 Å². The van der Waals surface area contributed by atoms with Crippen LogP contribution in [0.1, 0.15) is 33.1 Å². The van der Waals surface area contributed by atoms with Crippen molar-refractivity contribution in [1.82, 2.24) is 0 Å². The minimum atomic E-state index is 0. The molecule has 16 heavy (non-hydrogen) atoms. The Morgan fingerprint density at radius 1 is 1.19 bits per heavy atom. The summed E-state index contributed by atoms with van der Waals surface area (Å²) in [5.41, 5.74) is 0. The molecule has 0 aromatic heterocycles. The molecule has 0 N–H and O–H groups in total. The molecule has 0 atom stereocenters. The van der Waals surface area contributed by atoms with Crippen molar-refractivity contribution in [2.24, 2.45) is 0 Å². The molecule has 86 valence electrons. The van der Waals surface area contributed by atoms with E-state index in [1.54, 1.807) is 0 Å². The van der Waals surface area contributed by atoms with Crippen molar-refractivity contribution in [3.63, 3.8) is 0 Å². The molecule has 1 aromatic carbocycles. The molecular formula is C13H21KO2. The predicted molar refractivity (Wildman–Crippen MR) is 70.3 cm³/mol. The van der Waals surface area contributed by atoms with Gasteiger partial charge in [0.05, 0.1) is 6.61 Å². The minimum absolute atomic E-state index is 0.